The van der Waals surface area contributed by atoms with E-state index in [1.165, 1.54) is 50.2 Å². The van der Waals surface area contributed by atoms with Crippen molar-refractivity contribution in [3.05, 3.63) is 30.1 Å². The smallest absolute Gasteiger partial charge is 0.114 e. The lowest BCUT2D eigenvalue weighted by Crippen LogP contribution is -2.23. The maximum atomic E-state index is 4.86. The Morgan fingerprint density at radius 1 is 1.21 bits per heavy atom. The molecule has 100 valence electrons. The molecule has 19 heavy (non-hydrogen) atoms. The highest BCUT2D eigenvalue weighted by molar-refractivity contribution is 5.75. The molecule has 1 aliphatic carbocycles. The summed E-state index contributed by atoms with van der Waals surface area (Å²) >= 11 is 0. The van der Waals surface area contributed by atoms with Crippen LogP contribution in [0, 0.1) is 5.92 Å². The van der Waals surface area contributed by atoms with Gasteiger partial charge < -0.3 is 9.47 Å². The molecule has 0 bridgehead atoms. The Morgan fingerprint density at radius 3 is 2.84 bits per heavy atom. The molecule has 0 amide bonds. The zero-order valence-electron chi connectivity index (χ0n) is 11.5. The molecule has 2 fully saturated rings. The van der Waals surface area contributed by atoms with Gasteiger partial charge in [0.1, 0.15) is 5.82 Å². The molecule has 0 spiro atoms. The number of hydrogen-bond acceptors (Lipinski definition) is 2. The molecule has 1 aliphatic heterocycles. The van der Waals surface area contributed by atoms with Crippen LogP contribution in [0.4, 0.5) is 0 Å². The molecule has 2 aliphatic rings. The van der Waals surface area contributed by atoms with Crippen LogP contribution < -0.4 is 0 Å². The van der Waals surface area contributed by atoms with Crippen LogP contribution in [0.1, 0.15) is 31.0 Å². The summed E-state index contributed by atoms with van der Waals surface area (Å²) in [7, 11) is 2.16. The van der Waals surface area contributed by atoms with Crippen LogP contribution in [0.2, 0.25) is 0 Å². The van der Waals surface area contributed by atoms with Crippen molar-refractivity contribution in [1.29, 1.82) is 0 Å². The van der Waals surface area contributed by atoms with Crippen LogP contribution in [0.3, 0.4) is 0 Å². The summed E-state index contributed by atoms with van der Waals surface area (Å²) in [5.41, 5.74) is 2.40. The highest BCUT2D eigenvalue weighted by Crippen LogP contribution is 2.34. The van der Waals surface area contributed by atoms with Crippen molar-refractivity contribution >= 4 is 11.0 Å². The normalized spacial score (nSPS) is 24.4. The van der Waals surface area contributed by atoms with Crippen molar-refractivity contribution in [2.45, 2.75) is 25.2 Å². The molecule has 2 aromatic rings. The summed E-state index contributed by atoms with van der Waals surface area (Å²) in [6.45, 7) is 3.78. The van der Waals surface area contributed by atoms with Crippen molar-refractivity contribution < 1.29 is 0 Å². The first-order chi connectivity index (χ1) is 9.31. The quantitative estimate of drug-likeness (QED) is 0.841. The molecule has 1 saturated carbocycles. The van der Waals surface area contributed by atoms with Crippen LogP contribution in [-0.4, -0.2) is 34.1 Å². The molecule has 0 N–H and O–H groups in total. The van der Waals surface area contributed by atoms with E-state index < -0.39 is 0 Å². The molecular weight excluding hydrogens is 234 g/mol. The predicted molar refractivity (Wildman–Crippen MR) is 77.2 cm³/mol. The van der Waals surface area contributed by atoms with Crippen LogP contribution >= 0.6 is 0 Å². The minimum atomic E-state index is 0.621. The highest BCUT2D eigenvalue weighted by Gasteiger charge is 2.31. The molecule has 0 unspecified atom stereocenters. The lowest BCUT2D eigenvalue weighted by atomic mass is 10.1. The first-order valence-corrected chi connectivity index (χ1v) is 7.45. The number of nitrogens with zero attached hydrogens (tertiary/aromatic N) is 3. The number of fused-ring (bicyclic) bond motifs is 1. The fraction of sp³-hybridized carbons (Fsp3) is 0.562. The zero-order chi connectivity index (χ0) is 12.8. The Hall–Kier alpha value is -1.35. The van der Waals surface area contributed by atoms with Crippen LogP contribution in [0.25, 0.3) is 11.0 Å². The summed E-state index contributed by atoms with van der Waals surface area (Å²) < 4.78 is 2.29. The monoisotopic (exact) mass is 255 g/mol. The molecular formula is C16H21N3. The van der Waals surface area contributed by atoms with E-state index in [0.717, 1.165) is 11.4 Å². The van der Waals surface area contributed by atoms with Gasteiger partial charge in [-0.3, -0.25) is 0 Å². The summed E-state index contributed by atoms with van der Waals surface area (Å²) in [4.78, 5) is 7.50. The number of aryl methyl sites for hydroxylation is 1. The van der Waals surface area contributed by atoms with Gasteiger partial charge in [-0.25, -0.2) is 4.98 Å². The standard InChI is InChI=1S/C16H21N3/c1-18-15-5-3-2-4-14(15)17-16(18)13-8-9-19(11-13)10-12-6-7-12/h2-5,12-13H,6-11H2,1H3/t13-/m0/s1. The third-order valence-corrected chi connectivity index (χ3v) is 4.67. The number of benzene rings is 1. The minimum absolute atomic E-state index is 0.621. The molecule has 1 aromatic heterocycles. The molecule has 2 heterocycles. The van der Waals surface area contributed by atoms with E-state index in [4.69, 9.17) is 4.98 Å². The van der Waals surface area contributed by atoms with Gasteiger partial charge in [0, 0.05) is 26.1 Å². The van der Waals surface area contributed by atoms with E-state index in [1.807, 2.05) is 0 Å². The van der Waals surface area contributed by atoms with Gasteiger partial charge in [-0.2, -0.15) is 0 Å². The molecule has 1 saturated heterocycles. The van der Waals surface area contributed by atoms with Gasteiger partial charge in [0.25, 0.3) is 0 Å². The number of hydrogen-bond donors (Lipinski definition) is 0. The molecule has 0 radical (unpaired) electrons. The summed E-state index contributed by atoms with van der Waals surface area (Å²) in [6.07, 6.45) is 4.17. The predicted octanol–water partition coefficient (Wildman–Crippen LogP) is 2.77. The lowest BCUT2D eigenvalue weighted by Gasteiger charge is -2.15. The van der Waals surface area contributed by atoms with Gasteiger partial charge in [-0.1, -0.05) is 12.1 Å². The Labute approximate surface area is 114 Å². The Kier molecular flexibility index (Phi) is 2.62. The number of likely N-dealkylation sites (tertiary alicyclic amines) is 1. The van der Waals surface area contributed by atoms with E-state index in [1.54, 1.807) is 0 Å². The summed E-state index contributed by atoms with van der Waals surface area (Å²) in [5.74, 6) is 2.90. The summed E-state index contributed by atoms with van der Waals surface area (Å²) in [5, 5.41) is 0. The van der Waals surface area contributed by atoms with E-state index in [9.17, 15) is 0 Å². The largest absolute Gasteiger partial charge is 0.331 e. The molecule has 3 heteroatoms. The maximum Gasteiger partial charge on any atom is 0.114 e. The van der Waals surface area contributed by atoms with Gasteiger partial charge in [-0.15, -0.1) is 0 Å². The van der Waals surface area contributed by atoms with Gasteiger partial charge >= 0.3 is 0 Å². The van der Waals surface area contributed by atoms with Crippen molar-refractivity contribution in [2.75, 3.05) is 19.6 Å². The fourth-order valence-corrected chi connectivity index (χ4v) is 3.40. The number of aromatic nitrogens is 2. The molecule has 1 atom stereocenters. The SMILES string of the molecule is Cn1c([C@H]2CCN(CC3CC3)C2)nc2ccccc21. The van der Waals surface area contributed by atoms with Crippen LogP contribution in [0.15, 0.2) is 24.3 Å². The van der Waals surface area contributed by atoms with Crippen molar-refractivity contribution in [1.82, 2.24) is 14.5 Å². The molecule has 4 rings (SSSR count). The van der Waals surface area contributed by atoms with Crippen molar-refractivity contribution in [3.8, 4) is 0 Å². The topological polar surface area (TPSA) is 21.1 Å². The van der Waals surface area contributed by atoms with Gasteiger partial charge in [-0.05, 0) is 43.9 Å². The van der Waals surface area contributed by atoms with E-state index in [2.05, 4.69) is 40.8 Å². The van der Waals surface area contributed by atoms with Gasteiger partial charge in [0.2, 0.25) is 0 Å². The van der Waals surface area contributed by atoms with Crippen molar-refractivity contribution in [3.63, 3.8) is 0 Å². The van der Waals surface area contributed by atoms with Crippen molar-refractivity contribution in [2.24, 2.45) is 13.0 Å². The first kappa shape index (κ1) is 11.5. The second-order valence-electron chi connectivity index (χ2n) is 6.21. The fourth-order valence-electron chi connectivity index (χ4n) is 3.40. The Balaban J connectivity index is 1.58. The van der Waals surface area contributed by atoms with Crippen LogP contribution in [0.5, 0.6) is 0 Å². The lowest BCUT2D eigenvalue weighted by molar-refractivity contribution is 0.319. The number of para-hydroxylation sites is 2. The number of rotatable bonds is 3. The highest BCUT2D eigenvalue weighted by atomic mass is 15.2. The summed E-state index contributed by atoms with van der Waals surface area (Å²) in [6, 6.07) is 8.47. The second-order valence-corrected chi connectivity index (χ2v) is 6.21. The zero-order valence-corrected chi connectivity index (χ0v) is 11.5. The molecule has 3 nitrogen and oxygen atoms in total. The first-order valence-electron chi connectivity index (χ1n) is 7.45. The third-order valence-electron chi connectivity index (χ3n) is 4.67. The Bertz CT molecular complexity index is 597. The second kappa shape index (κ2) is 4.34. The minimum Gasteiger partial charge on any atom is -0.331 e. The van der Waals surface area contributed by atoms with Gasteiger partial charge in [0.05, 0.1) is 11.0 Å². The Morgan fingerprint density at radius 2 is 2.05 bits per heavy atom. The average molecular weight is 255 g/mol. The number of imidazole rings is 1. The third kappa shape index (κ3) is 2.06. The average Bonchev–Trinajstić information content (AvgIpc) is 3.01. The maximum absolute atomic E-state index is 4.86. The van der Waals surface area contributed by atoms with E-state index in [0.29, 0.717) is 5.92 Å². The van der Waals surface area contributed by atoms with E-state index >= 15 is 0 Å². The van der Waals surface area contributed by atoms with Gasteiger partial charge in [0.15, 0.2) is 0 Å². The molecule has 1 aromatic carbocycles. The van der Waals surface area contributed by atoms with E-state index in [-0.39, 0.29) is 0 Å². The van der Waals surface area contributed by atoms with Crippen LogP contribution in [-0.2, 0) is 7.05 Å².